The highest BCUT2D eigenvalue weighted by Gasteiger charge is 2.33. The van der Waals surface area contributed by atoms with Crippen molar-refractivity contribution in [3.63, 3.8) is 0 Å². The van der Waals surface area contributed by atoms with Crippen molar-refractivity contribution in [2.75, 3.05) is 10.6 Å². The minimum atomic E-state index is -4.58. The molecule has 0 saturated carbocycles. The van der Waals surface area contributed by atoms with Crippen LogP contribution in [0.3, 0.4) is 0 Å². The molecule has 0 saturated heterocycles. The van der Waals surface area contributed by atoms with Crippen LogP contribution in [0.25, 0.3) is 10.2 Å². The molecule has 168 valence electrons. The number of pyridine rings is 1. The van der Waals surface area contributed by atoms with Gasteiger partial charge in [-0.3, -0.25) is 9.59 Å². The minimum Gasteiger partial charge on any atom is -0.322 e. The number of nitrogens with zero attached hydrogens (tertiary/aromatic N) is 1. The molecule has 2 aromatic carbocycles. The van der Waals surface area contributed by atoms with Gasteiger partial charge in [0.25, 0.3) is 11.8 Å². The Labute approximate surface area is 189 Å². The van der Waals surface area contributed by atoms with Gasteiger partial charge in [0.05, 0.1) is 4.88 Å². The number of carbonyl (C=O) groups is 2. The van der Waals surface area contributed by atoms with E-state index in [0.29, 0.717) is 16.6 Å². The topological polar surface area (TPSA) is 71.1 Å². The summed E-state index contributed by atoms with van der Waals surface area (Å²) in [5.41, 5.74) is 0.296. The van der Waals surface area contributed by atoms with Gasteiger partial charge in [0.15, 0.2) is 0 Å². The van der Waals surface area contributed by atoms with Crippen molar-refractivity contribution in [1.82, 2.24) is 4.98 Å². The lowest BCUT2D eigenvalue weighted by atomic mass is 10.1. The number of nitrogens with one attached hydrogen (secondary N) is 2. The predicted molar refractivity (Wildman–Crippen MR) is 118 cm³/mol. The van der Waals surface area contributed by atoms with Crippen LogP contribution >= 0.6 is 11.3 Å². The number of thiophene rings is 1. The van der Waals surface area contributed by atoms with Crippen LogP contribution in [0.1, 0.15) is 31.3 Å². The number of aromatic nitrogens is 1. The quantitative estimate of drug-likeness (QED) is 0.343. The third-order valence-corrected chi connectivity index (χ3v) is 5.97. The molecule has 2 heterocycles. The van der Waals surface area contributed by atoms with Gasteiger partial charge in [0.2, 0.25) is 0 Å². The molecule has 0 bridgehead atoms. The summed E-state index contributed by atoms with van der Waals surface area (Å²) in [5, 5.41) is 5.68. The Bertz CT molecular complexity index is 1380. The summed E-state index contributed by atoms with van der Waals surface area (Å²) >= 11 is 0.857. The molecule has 10 heteroatoms. The maximum Gasteiger partial charge on any atom is 0.433 e. The number of halogens is 4. The molecule has 0 aliphatic carbocycles. The molecular formula is C23H15F4N3O2S. The molecule has 0 aliphatic rings. The van der Waals surface area contributed by atoms with Crippen molar-refractivity contribution in [3.05, 3.63) is 88.2 Å². The molecule has 2 amide bonds. The van der Waals surface area contributed by atoms with Crippen molar-refractivity contribution in [3.8, 4) is 0 Å². The maximum absolute atomic E-state index is 13.3. The highest BCUT2D eigenvalue weighted by Crippen LogP contribution is 2.34. The van der Waals surface area contributed by atoms with E-state index < -0.39 is 29.5 Å². The zero-order valence-corrected chi connectivity index (χ0v) is 17.8. The van der Waals surface area contributed by atoms with Gasteiger partial charge in [-0.25, -0.2) is 9.37 Å². The lowest BCUT2D eigenvalue weighted by molar-refractivity contribution is -0.140. The van der Waals surface area contributed by atoms with Crippen molar-refractivity contribution in [1.29, 1.82) is 0 Å². The predicted octanol–water partition coefficient (Wildman–Crippen LogP) is 6.27. The Kier molecular flexibility index (Phi) is 5.86. The zero-order valence-electron chi connectivity index (χ0n) is 17.0. The van der Waals surface area contributed by atoms with Crippen LogP contribution in [-0.4, -0.2) is 16.8 Å². The second kappa shape index (κ2) is 8.62. The number of anilines is 2. The number of carbonyl (C=O) groups excluding carboxylic acids is 2. The van der Waals surface area contributed by atoms with E-state index in [2.05, 4.69) is 15.6 Å². The van der Waals surface area contributed by atoms with Crippen LogP contribution in [0, 0.1) is 12.7 Å². The van der Waals surface area contributed by atoms with Crippen molar-refractivity contribution < 1.29 is 27.2 Å². The van der Waals surface area contributed by atoms with Gasteiger partial charge in [0.1, 0.15) is 16.3 Å². The number of hydrogen-bond donors (Lipinski definition) is 2. The first kappa shape index (κ1) is 22.4. The van der Waals surface area contributed by atoms with Gasteiger partial charge in [0, 0.05) is 22.3 Å². The summed E-state index contributed by atoms with van der Waals surface area (Å²) in [6, 6.07) is 13.7. The van der Waals surface area contributed by atoms with Crippen molar-refractivity contribution >= 4 is 44.7 Å². The molecule has 2 N–H and O–H groups in total. The Hall–Kier alpha value is -3.79. The molecule has 0 unspecified atom stereocenters. The Morgan fingerprint density at radius 2 is 1.58 bits per heavy atom. The smallest absolute Gasteiger partial charge is 0.322 e. The number of benzene rings is 2. The highest BCUT2D eigenvalue weighted by atomic mass is 32.1. The highest BCUT2D eigenvalue weighted by molar-refractivity contribution is 7.20. The molecule has 0 spiro atoms. The second-order valence-corrected chi connectivity index (χ2v) is 8.10. The third-order valence-electron chi connectivity index (χ3n) is 4.77. The van der Waals surface area contributed by atoms with Gasteiger partial charge in [-0.2, -0.15) is 13.2 Å². The van der Waals surface area contributed by atoms with Crippen LogP contribution in [-0.2, 0) is 6.18 Å². The van der Waals surface area contributed by atoms with E-state index in [1.807, 2.05) is 0 Å². The van der Waals surface area contributed by atoms with Crippen molar-refractivity contribution in [2.45, 2.75) is 13.1 Å². The van der Waals surface area contributed by atoms with Gasteiger partial charge in [-0.05, 0) is 61.0 Å². The van der Waals surface area contributed by atoms with Crippen LogP contribution in [0.15, 0.2) is 60.7 Å². The molecule has 5 nitrogen and oxygen atoms in total. The third kappa shape index (κ3) is 4.85. The Morgan fingerprint density at radius 3 is 2.27 bits per heavy atom. The normalized spacial score (nSPS) is 11.4. The average molecular weight is 473 g/mol. The minimum absolute atomic E-state index is 0.107. The Balaban J connectivity index is 1.54. The van der Waals surface area contributed by atoms with Gasteiger partial charge in [-0.1, -0.05) is 12.1 Å². The van der Waals surface area contributed by atoms with Gasteiger partial charge >= 0.3 is 6.18 Å². The van der Waals surface area contributed by atoms with E-state index in [1.165, 1.54) is 42.5 Å². The first-order chi connectivity index (χ1) is 15.6. The van der Waals surface area contributed by atoms with E-state index in [-0.39, 0.29) is 21.0 Å². The maximum atomic E-state index is 13.3. The summed E-state index contributed by atoms with van der Waals surface area (Å²) in [6.07, 6.45) is -4.58. The average Bonchev–Trinajstić information content (AvgIpc) is 3.09. The number of rotatable bonds is 4. The summed E-state index contributed by atoms with van der Waals surface area (Å²) in [7, 11) is 0. The first-order valence-electron chi connectivity index (χ1n) is 9.57. The monoisotopic (exact) mass is 473 g/mol. The number of alkyl halides is 3. The van der Waals surface area contributed by atoms with E-state index in [4.69, 9.17) is 0 Å². The van der Waals surface area contributed by atoms with E-state index in [9.17, 15) is 27.2 Å². The first-order valence-corrected chi connectivity index (χ1v) is 10.4. The molecule has 0 radical (unpaired) electrons. The number of fused-ring (bicyclic) bond motifs is 1. The zero-order chi connectivity index (χ0) is 23.8. The fourth-order valence-corrected chi connectivity index (χ4v) is 4.24. The molecule has 0 atom stereocenters. The van der Waals surface area contributed by atoms with Crippen molar-refractivity contribution in [2.24, 2.45) is 0 Å². The number of amides is 2. The molecular weight excluding hydrogens is 458 g/mol. The number of aryl methyl sites for hydroxylation is 1. The summed E-state index contributed by atoms with van der Waals surface area (Å²) < 4.78 is 52.1. The summed E-state index contributed by atoms with van der Waals surface area (Å²) in [4.78, 5) is 29.2. The molecule has 4 rings (SSSR count). The second-order valence-electron chi connectivity index (χ2n) is 7.10. The van der Waals surface area contributed by atoms with Crippen LogP contribution < -0.4 is 10.6 Å². The van der Waals surface area contributed by atoms with Crippen LogP contribution in [0.2, 0.25) is 0 Å². The number of hydrogen-bond acceptors (Lipinski definition) is 4. The summed E-state index contributed by atoms with van der Waals surface area (Å²) in [6.45, 7) is 1.63. The SMILES string of the molecule is Cc1c(C(=O)Nc2cccc(C(=O)Nc3cccc(F)c3)c2)sc2nc(C(F)(F)F)ccc12. The van der Waals surface area contributed by atoms with Gasteiger partial charge < -0.3 is 10.6 Å². The standard InChI is InChI=1S/C23H15F4N3O2S/c1-12-17-8-9-18(23(25,26)27)30-22(17)33-19(12)21(32)29-15-6-2-4-13(10-15)20(31)28-16-7-3-5-14(24)11-16/h2-11H,1H3,(H,28,31)(H,29,32). The lowest BCUT2D eigenvalue weighted by Gasteiger charge is -2.08. The molecule has 4 aromatic rings. The molecule has 0 aliphatic heterocycles. The van der Waals surface area contributed by atoms with Crippen LogP contribution in [0.5, 0.6) is 0 Å². The summed E-state index contributed by atoms with van der Waals surface area (Å²) in [5.74, 6) is -1.53. The van der Waals surface area contributed by atoms with E-state index in [0.717, 1.165) is 17.4 Å². The Morgan fingerprint density at radius 1 is 0.909 bits per heavy atom. The molecule has 0 fully saturated rings. The fraction of sp³-hybridized carbons (Fsp3) is 0.0870. The van der Waals surface area contributed by atoms with E-state index in [1.54, 1.807) is 19.1 Å². The molecule has 33 heavy (non-hydrogen) atoms. The van der Waals surface area contributed by atoms with Gasteiger partial charge in [-0.15, -0.1) is 11.3 Å². The van der Waals surface area contributed by atoms with Crippen LogP contribution in [0.4, 0.5) is 28.9 Å². The van der Waals surface area contributed by atoms with E-state index >= 15 is 0 Å². The fourth-order valence-electron chi connectivity index (χ4n) is 3.17. The molecule has 2 aromatic heterocycles. The lowest BCUT2D eigenvalue weighted by Crippen LogP contribution is -2.14. The largest absolute Gasteiger partial charge is 0.433 e.